The summed E-state index contributed by atoms with van der Waals surface area (Å²) >= 11 is 0. The highest BCUT2D eigenvalue weighted by atomic mass is 19.1. The van der Waals surface area contributed by atoms with E-state index in [0.717, 1.165) is 90.1 Å². The molecule has 1 aromatic rings. The largest absolute Gasteiger partial charge is 0.381 e. The Kier molecular flexibility index (Phi) is 8.55. The number of halogens is 1. The molecule has 1 atom stereocenters. The second kappa shape index (κ2) is 11.4. The topological polar surface area (TPSA) is 43.3 Å². The molecule has 3 rings (SSSR count). The Hall–Kier alpha value is -1.86. The van der Waals surface area contributed by atoms with Crippen molar-refractivity contribution in [1.82, 2.24) is 15.1 Å². The molecule has 2 saturated heterocycles. The minimum Gasteiger partial charge on any atom is -0.381 e. The normalized spacial score (nSPS) is 20.9. The zero-order valence-electron chi connectivity index (χ0n) is 17.9. The van der Waals surface area contributed by atoms with Crippen LogP contribution in [0.4, 0.5) is 10.1 Å². The summed E-state index contributed by atoms with van der Waals surface area (Å²) in [6, 6.07) is 7.06. The molecule has 2 aliphatic rings. The maximum atomic E-state index is 14.0. The molecule has 0 spiro atoms. The van der Waals surface area contributed by atoms with Crippen molar-refractivity contribution in [2.24, 2.45) is 10.9 Å². The first-order valence-electron chi connectivity index (χ1n) is 11.0. The van der Waals surface area contributed by atoms with E-state index in [-0.39, 0.29) is 5.82 Å². The van der Waals surface area contributed by atoms with Crippen LogP contribution < -0.4 is 10.2 Å². The molecule has 0 aromatic heterocycles. The molecular formula is C22H36FN5O. The van der Waals surface area contributed by atoms with Gasteiger partial charge in [0.2, 0.25) is 0 Å². The monoisotopic (exact) mass is 405 g/mol. The fourth-order valence-corrected chi connectivity index (χ4v) is 4.07. The minimum absolute atomic E-state index is 0.125. The molecule has 1 aromatic carbocycles. The Balaban J connectivity index is 1.39. The first-order chi connectivity index (χ1) is 14.2. The van der Waals surface area contributed by atoms with Gasteiger partial charge in [-0.1, -0.05) is 12.1 Å². The predicted molar refractivity (Wildman–Crippen MR) is 117 cm³/mol. The van der Waals surface area contributed by atoms with Crippen LogP contribution in [-0.4, -0.2) is 88.4 Å². The van der Waals surface area contributed by atoms with Crippen LogP contribution in [0.2, 0.25) is 0 Å². The molecule has 162 valence electrons. The maximum absolute atomic E-state index is 14.0. The Labute approximate surface area is 174 Å². The summed E-state index contributed by atoms with van der Waals surface area (Å²) < 4.78 is 19.5. The fraction of sp³-hybridized carbons (Fsp3) is 0.682. The third kappa shape index (κ3) is 6.57. The Morgan fingerprint density at radius 2 is 2.07 bits per heavy atom. The van der Waals surface area contributed by atoms with E-state index >= 15 is 0 Å². The van der Waals surface area contributed by atoms with Gasteiger partial charge in [0, 0.05) is 71.9 Å². The van der Waals surface area contributed by atoms with Gasteiger partial charge in [0.1, 0.15) is 5.82 Å². The van der Waals surface area contributed by atoms with E-state index < -0.39 is 0 Å². The molecule has 0 bridgehead atoms. The first kappa shape index (κ1) is 21.8. The molecule has 7 heteroatoms. The highest BCUT2D eigenvalue weighted by Crippen LogP contribution is 2.20. The zero-order chi connectivity index (χ0) is 20.5. The number of ether oxygens (including phenoxy) is 1. The van der Waals surface area contributed by atoms with Gasteiger partial charge in [-0.2, -0.15) is 0 Å². The quantitative estimate of drug-likeness (QED) is 0.408. The molecule has 0 radical (unpaired) electrons. The average Bonchev–Trinajstić information content (AvgIpc) is 3.24. The molecule has 0 saturated carbocycles. The van der Waals surface area contributed by atoms with Crippen molar-refractivity contribution in [3.63, 3.8) is 0 Å². The van der Waals surface area contributed by atoms with Crippen LogP contribution in [0.25, 0.3) is 0 Å². The highest BCUT2D eigenvalue weighted by molar-refractivity contribution is 5.79. The number of nitrogens with one attached hydrogen (secondary N) is 1. The summed E-state index contributed by atoms with van der Waals surface area (Å²) in [7, 11) is 2.11. The summed E-state index contributed by atoms with van der Waals surface area (Å²) in [6.45, 7) is 11.3. The summed E-state index contributed by atoms with van der Waals surface area (Å²) in [5, 5.41) is 3.40. The van der Waals surface area contributed by atoms with Gasteiger partial charge in [-0.05, 0) is 31.9 Å². The Morgan fingerprint density at radius 3 is 2.76 bits per heavy atom. The van der Waals surface area contributed by atoms with Crippen molar-refractivity contribution in [3.8, 4) is 0 Å². The van der Waals surface area contributed by atoms with Crippen LogP contribution >= 0.6 is 0 Å². The van der Waals surface area contributed by atoms with E-state index in [1.807, 2.05) is 12.1 Å². The van der Waals surface area contributed by atoms with Gasteiger partial charge < -0.3 is 19.9 Å². The van der Waals surface area contributed by atoms with E-state index in [9.17, 15) is 4.39 Å². The van der Waals surface area contributed by atoms with Crippen LogP contribution in [0.15, 0.2) is 29.3 Å². The molecule has 2 aliphatic heterocycles. The van der Waals surface area contributed by atoms with E-state index in [1.54, 1.807) is 12.1 Å². The molecule has 6 nitrogen and oxygen atoms in total. The maximum Gasteiger partial charge on any atom is 0.193 e. The van der Waals surface area contributed by atoms with Crippen molar-refractivity contribution in [2.45, 2.75) is 19.8 Å². The number of benzene rings is 1. The van der Waals surface area contributed by atoms with Gasteiger partial charge >= 0.3 is 0 Å². The van der Waals surface area contributed by atoms with Crippen molar-refractivity contribution in [3.05, 3.63) is 30.1 Å². The molecular weight excluding hydrogens is 369 g/mol. The third-order valence-corrected chi connectivity index (χ3v) is 5.71. The SMILES string of the molecule is CCNC(=NCCCN1CCN(c2ccccc2F)CC1)N(C)CC1CCOC1. The molecule has 0 aliphatic carbocycles. The number of nitrogens with zero attached hydrogens (tertiary/aromatic N) is 4. The van der Waals surface area contributed by atoms with Crippen molar-refractivity contribution >= 4 is 11.6 Å². The number of para-hydroxylation sites is 1. The molecule has 2 fully saturated rings. The van der Waals surface area contributed by atoms with Crippen molar-refractivity contribution in [1.29, 1.82) is 0 Å². The van der Waals surface area contributed by atoms with E-state index in [2.05, 4.69) is 34.0 Å². The number of guanidine groups is 1. The predicted octanol–water partition coefficient (Wildman–Crippen LogP) is 2.27. The molecule has 1 unspecified atom stereocenters. The lowest BCUT2D eigenvalue weighted by Crippen LogP contribution is -2.47. The minimum atomic E-state index is -0.125. The van der Waals surface area contributed by atoms with Gasteiger partial charge in [-0.25, -0.2) is 4.39 Å². The van der Waals surface area contributed by atoms with E-state index in [0.29, 0.717) is 5.92 Å². The van der Waals surface area contributed by atoms with Crippen LogP contribution in [-0.2, 0) is 4.74 Å². The second-order valence-corrected chi connectivity index (χ2v) is 7.98. The smallest absolute Gasteiger partial charge is 0.193 e. The lowest BCUT2D eigenvalue weighted by atomic mass is 10.1. The number of hydrogen-bond donors (Lipinski definition) is 1. The third-order valence-electron chi connectivity index (χ3n) is 5.71. The Morgan fingerprint density at radius 1 is 1.28 bits per heavy atom. The standard InChI is InChI=1S/C22H36FN5O/c1-3-24-22(26(2)17-19-9-16-29-18-19)25-10-6-11-27-12-14-28(15-13-27)21-8-5-4-7-20(21)23/h4-5,7-8,19H,3,6,9-18H2,1-2H3,(H,24,25). The zero-order valence-corrected chi connectivity index (χ0v) is 17.9. The number of anilines is 1. The molecule has 0 amide bonds. The summed E-state index contributed by atoms with van der Waals surface area (Å²) in [5.74, 6) is 1.47. The van der Waals surface area contributed by atoms with E-state index in [1.165, 1.54) is 0 Å². The van der Waals surface area contributed by atoms with Gasteiger partial charge in [0.15, 0.2) is 5.96 Å². The van der Waals surface area contributed by atoms with Gasteiger partial charge in [0.25, 0.3) is 0 Å². The van der Waals surface area contributed by atoms with Crippen molar-refractivity contribution < 1.29 is 9.13 Å². The summed E-state index contributed by atoms with van der Waals surface area (Å²) in [6.07, 6.45) is 2.18. The van der Waals surface area contributed by atoms with E-state index in [4.69, 9.17) is 9.73 Å². The summed E-state index contributed by atoms with van der Waals surface area (Å²) in [4.78, 5) is 11.7. The van der Waals surface area contributed by atoms with Gasteiger partial charge in [0.05, 0.1) is 12.3 Å². The van der Waals surface area contributed by atoms with Gasteiger partial charge in [-0.15, -0.1) is 0 Å². The molecule has 29 heavy (non-hydrogen) atoms. The van der Waals surface area contributed by atoms with Crippen LogP contribution in [0.3, 0.4) is 0 Å². The lowest BCUT2D eigenvalue weighted by Gasteiger charge is -2.36. The molecule has 2 heterocycles. The number of piperazine rings is 1. The lowest BCUT2D eigenvalue weighted by molar-refractivity contribution is 0.181. The number of rotatable bonds is 8. The number of hydrogen-bond acceptors (Lipinski definition) is 4. The average molecular weight is 406 g/mol. The Bertz CT molecular complexity index is 642. The number of aliphatic imine (C=N–C) groups is 1. The van der Waals surface area contributed by atoms with Gasteiger partial charge in [-0.3, -0.25) is 9.89 Å². The fourth-order valence-electron chi connectivity index (χ4n) is 4.07. The highest BCUT2D eigenvalue weighted by Gasteiger charge is 2.20. The summed E-state index contributed by atoms with van der Waals surface area (Å²) in [5.41, 5.74) is 0.725. The molecule has 1 N–H and O–H groups in total. The van der Waals surface area contributed by atoms with Crippen molar-refractivity contribution in [2.75, 3.05) is 77.5 Å². The van der Waals surface area contributed by atoms with Crippen LogP contribution in [0.1, 0.15) is 19.8 Å². The first-order valence-corrected chi connectivity index (χ1v) is 11.0. The van der Waals surface area contributed by atoms with Crippen LogP contribution in [0.5, 0.6) is 0 Å². The second-order valence-electron chi connectivity index (χ2n) is 7.98. The van der Waals surface area contributed by atoms with Crippen LogP contribution in [0, 0.1) is 11.7 Å².